The third-order valence-electron chi connectivity index (χ3n) is 5.70. The predicted molar refractivity (Wildman–Crippen MR) is 127 cm³/mol. The number of rotatable bonds is 10. The van der Waals surface area contributed by atoms with Crippen molar-refractivity contribution in [3.05, 3.63) is 89.5 Å². The minimum Gasteiger partial charge on any atom is -0.497 e. The van der Waals surface area contributed by atoms with Crippen molar-refractivity contribution in [2.45, 2.75) is 25.8 Å². The second-order valence-corrected chi connectivity index (χ2v) is 7.65. The molecule has 0 saturated carbocycles. The molecular formula is C27H31NO4. The highest BCUT2D eigenvalue weighted by Crippen LogP contribution is 2.35. The molecular weight excluding hydrogens is 402 g/mol. The Morgan fingerprint density at radius 3 is 1.97 bits per heavy atom. The van der Waals surface area contributed by atoms with E-state index in [-0.39, 0.29) is 11.8 Å². The summed E-state index contributed by atoms with van der Waals surface area (Å²) >= 11 is 0. The lowest BCUT2D eigenvalue weighted by atomic mass is 9.87. The fraction of sp³-hybridized carbons (Fsp3) is 0.296. The van der Waals surface area contributed by atoms with Crippen molar-refractivity contribution in [2.24, 2.45) is 0 Å². The zero-order valence-corrected chi connectivity index (χ0v) is 19.2. The minimum atomic E-state index is 0.0503. The van der Waals surface area contributed by atoms with Gasteiger partial charge in [-0.05, 0) is 47.9 Å². The van der Waals surface area contributed by atoms with Crippen molar-refractivity contribution in [2.75, 3.05) is 27.9 Å². The van der Waals surface area contributed by atoms with E-state index >= 15 is 0 Å². The lowest BCUT2D eigenvalue weighted by Gasteiger charge is -2.26. The van der Waals surface area contributed by atoms with Crippen LogP contribution in [0.2, 0.25) is 0 Å². The Labute approximate surface area is 190 Å². The summed E-state index contributed by atoms with van der Waals surface area (Å²) < 4.78 is 16.2. The van der Waals surface area contributed by atoms with Gasteiger partial charge < -0.3 is 19.1 Å². The summed E-state index contributed by atoms with van der Waals surface area (Å²) in [6, 6.07) is 24.0. The molecule has 0 radical (unpaired) electrons. The zero-order chi connectivity index (χ0) is 22.9. The van der Waals surface area contributed by atoms with Crippen molar-refractivity contribution in [1.82, 2.24) is 4.90 Å². The van der Waals surface area contributed by atoms with Crippen LogP contribution >= 0.6 is 0 Å². The van der Waals surface area contributed by atoms with Crippen LogP contribution in [0.5, 0.6) is 17.2 Å². The number of benzene rings is 3. The first-order valence-electron chi connectivity index (χ1n) is 10.7. The quantitative estimate of drug-likeness (QED) is 0.436. The smallest absolute Gasteiger partial charge is 0.219 e. The van der Waals surface area contributed by atoms with E-state index in [2.05, 4.69) is 18.2 Å². The third kappa shape index (κ3) is 5.82. The fourth-order valence-corrected chi connectivity index (χ4v) is 3.88. The van der Waals surface area contributed by atoms with Crippen LogP contribution in [0.1, 0.15) is 36.0 Å². The molecule has 0 bridgehead atoms. The van der Waals surface area contributed by atoms with Crippen molar-refractivity contribution >= 4 is 5.91 Å². The lowest BCUT2D eigenvalue weighted by molar-refractivity contribution is -0.129. The van der Waals surface area contributed by atoms with E-state index < -0.39 is 0 Å². The summed E-state index contributed by atoms with van der Waals surface area (Å²) in [5, 5.41) is 0. The van der Waals surface area contributed by atoms with E-state index in [1.54, 1.807) is 28.3 Å². The van der Waals surface area contributed by atoms with Crippen molar-refractivity contribution in [3.8, 4) is 17.2 Å². The second kappa shape index (κ2) is 11.2. The van der Waals surface area contributed by atoms with E-state index in [9.17, 15) is 4.79 Å². The van der Waals surface area contributed by atoms with Crippen LogP contribution < -0.4 is 14.2 Å². The molecule has 0 unspecified atom stereocenters. The predicted octanol–water partition coefficient (Wildman–Crippen LogP) is 5.28. The summed E-state index contributed by atoms with van der Waals surface area (Å²) in [5.41, 5.74) is 3.33. The summed E-state index contributed by atoms with van der Waals surface area (Å²) in [4.78, 5) is 14.3. The Kier molecular flexibility index (Phi) is 8.14. The molecule has 168 valence electrons. The van der Waals surface area contributed by atoms with Crippen molar-refractivity contribution < 1.29 is 19.0 Å². The number of carbonyl (C=O) groups excluding carboxylic acids is 1. The van der Waals surface area contributed by atoms with Gasteiger partial charge in [0.1, 0.15) is 17.2 Å². The first-order valence-corrected chi connectivity index (χ1v) is 10.7. The molecule has 0 aliphatic carbocycles. The van der Waals surface area contributed by atoms with Gasteiger partial charge in [-0.15, -0.1) is 0 Å². The van der Waals surface area contributed by atoms with E-state index in [0.717, 1.165) is 40.4 Å². The zero-order valence-electron chi connectivity index (χ0n) is 19.2. The Bertz CT molecular complexity index is 999. The number of amides is 1. The Morgan fingerprint density at radius 1 is 0.812 bits per heavy atom. The molecule has 5 heteroatoms. The second-order valence-electron chi connectivity index (χ2n) is 7.65. The Hall–Kier alpha value is -3.47. The van der Waals surface area contributed by atoms with Gasteiger partial charge in [0.05, 0.1) is 21.3 Å². The minimum absolute atomic E-state index is 0.0503. The SMILES string of the molecule is COc1ccc(CN(CC[C@@H](c2ccc(OC)cc2)c2ccccc2OC)C(C)=O)cc1. The maximum atomic E-state index is 12.4. The monoisotopic (exact) mass is 433 g/mol. The number of ether oxygens (including phenoxy) is 3. The van der Waals surface area contributed by atoms with Gasteiger partial charge in [-0.25, -0.2) is 0 Å². The van der Waals surface area contributed by atoms with Gasteiger partial charge in [0.2, 0.25) is 5.91 Å². The van der Waals surface area contributed by atoms with E-state index in [4.69, 9.17) is 14.2 Å². The first kappa shape index (κ1) is 23.2. The molecule has 0 fully saturated rings. The van der Waals surface area contributed by atoms with E-state index in [1.165, 1.54) is 0 Å². The standard InChI is InChI=1S/C27H31NO4/c1-20(29)28(19-21-9-13-23(30-2)14-10-21)18-17-25(22-11-15-24(31-3)16-12-22)26-7-5-6-8-27(26)32-4/h5-16,25H,17-19H2,1-4H3/t25-/m0/s1. The van der Waals surface area contributed by atoms with Crippen LogP contribution in [0.25, 0.3) is 0 Å². The molecule has 0 aromatic heterocycles. The first-order chi connectivity index (χ1) is 15.5. The van der Waals surface area contributed by atoms with Gasteiger partial charge in [0, 0.05) is 31.5 Å². The maximum Gasteiger partial charge on any atom is 0.219 e. The molecule has 0 aliphatic rings. The fourth-order valence-electron chi connectivity index (χ4n) is 3.88. The molecule has 32 heavy (non-hydrogen) atoms. The van der Waals surface area contributed by atoms with E-state index in [0.29, 0.717) is 13.1 Å². The maximum absolute atomic E-state index is 12.4. The third-order valence-corrected chi connectivity index (χ3v) is 5.70. The Morgan fingerprint density at radius 2 is 1.41 bits per heavy atom. The average Bonchev–Trinajstić information content (AvgIpc) is 2.84. The highest BCUT2D eigenvalue weighted by Gasteiger charge is 2.21. The van der Waals surface area contributed by atoms with Crippen LogP contribution in [0, 0.1) is 0 Å². The highest BCUT2D eigenvalue weighted by molar-refractivity contribution is 5.73. The van der Waals surface area contributed by atoms with Crippen LogP contribution in [0.4, 0.5) is 0 Å². The van der Waals surface area contributed by atoms with Crippen molar-refractivity contribution in [3.63, 3.8) is 0 Å². The summed E-state index contributed by atoms with van der Waals surface area (Å²) in [5.74, 6) is 2.60. The summed E-state index contributed by atoms with van der Waals surface area (Å²) in [7, 11) is 5.00. The highest BCUT2D eigenvalue weighted by atomic mass is 16.5. The molecule has 1 amide bonds. The van der Waals surface area contributed by atoms with Crippen LogP contribution in [-0.4, -0.2) is 38.7 Å². The number of methoxy groups -OCH3 is 3. The molecule has 0 saturated heterocycles. The molecule has 1 atom stereocenters. The molecule has 0 N–H and O–H groups in total. The largest absolute Gasteiger partial charge is 0.497 e. The number of carbonyl (C=O) groups is 1. The normalized spacial score (nSPS) is 11.5. The molecule has 3 aromatic carbocycles. The molecule has 5 nitrogen and oxygen atoms in total. The average molecular weight is 434 g/mol. The molecule has 3 rings (SSSR count). The van der Waals surface area contributed by atoms with Crippen LogP contribution in [0.3, 0.4) is 0 Å². The van der Waals surface area contributed by atoms with Gasteiger partial charge in [-0.3, -0.25) is 4.79 Å². The summed E-state index contributed by atoms with van der Waals surface area (Å²) in [6.07, 6.45) is 0.766. The van der Waals surface area contributed by atoms with Gasteiger partial charge >= 0.3 is 0 Å². The summed E-state index contributed by atoms with van der Waals surface area (Å²) in [6.45, 7) is 2.80. The molecule has 0 spiro atoms. The van der Waals surface area contributed by atoms with Crippen molar-refractivity contribution in [1.29, 1.82) is 0 Å². The topological polar surface area (TPSA) is 48.0 Å². The molecule has 0 heterocycles. The number of nitrogens with zero attached hydrogens (tertiary/aromatic N) is 1. The van der Waals surface area contributed by atoms with Crippen LogP contribution in [0.15, 0.2) is 72.8 Å². The number of hydrogen-bond acceptors (Lipinski definition) is 4. The van der Waals surface area contributed by atoms with E-state index in [1.807, 2.05) is 59.5 Å². The lowest BCUT2D eigenvalue weighted by Crippen LogP contribution is -2.30. The van der Waals surface area contributed by atoms with Gasteiger partial charge in [-0.1, -0.05) is 42.5 Å². The number of hydrogen-bond donors (Lipinski definition) is 0. The van der Waals surface area contributed by atoms with Crippen LogP contribution in [-0.2, 0) is 11.3 Å². The van der Waals surface area contributed by atoms with Gasteiger partial charge in [-0.2, -0.15) is 0 Å². The van der Waals surface area contributed by atoms with Gasteiger partial charge in [0.25, 0.3) is 0 Å². The molecule has 0 aliphatic heterocycles. The number of para-hydroxylation sites is 1. The molecule has 3 aromatic rings. The van der Waals surface area contributed by atoms with Gasteiger partial charge in [0.15, 0.2) is 0 Å². The Balaban J connectivity index is 1.84.